The molecular weight excluding hydrogens is 233 g/mol. The van der Waals surface area contributed by atoms with E-state index in [9.17, 15) is 0 Å². The average Bonchev–Trinajstić information content (AvgIpc) is 2.61. The Morgan fingerprint density at radius 1 is 1.20 bits per heavy atom. The van der Waals surface area contributed by atoms with Gasteiger partial charge in [-0.25, -0.2) is 4.68 Å². The quantitative estimate of drug-likeness (QED) is 0.879. The molecule has 15 heavy (non-hydrogen) atoms. The van der Waals surface area contributed by atoms with Crippen LogP contribution in [0, 0.1) is 0 Å². The van der Waals surface area contributed by atoms with Gasteiger partial charge in [-0.2, -0.15) is 5.10 Å². The Morgan fingerprint density at radius 3 is 2.47 bits per heavy atom. The Morgan fingerprint density at radius 2 is 1.87 bits per heavy atom. The Kier molecular flexibility index (Phi) is 2.95. The predicted octanol–water partition coefficient (Wildman–Crippen LogP) is 2.64. The van der Waals surface area contributed by atoms with Crippen molar-refractivity contribution in [1.29, 1.82) is 0 Å². The lowest BCUT2D eigenvalue weighted by molar-refractivity contribution is 0.804. The first-order valence-electron chi connectivity index (χ1n) is 4.41. The highest BCUT2D eigenvalue weighted by Crippen LogP contribution is 2.19. The fourth-order valence-electron chi connectivity index (χ4n) is 1.34. The number of hydrogen-bond acceptors (Lipinski definition) is 2. The molecule has 0 radical (unpaired) electrons. The largest absolute Gasteiger partial charge is 0.325 e. The first kappa shape index (κ1) is 10.5. The van der Waals surface area contributed by atoms with Crippen LogP contribution >= 0.6 is 23.2 Å². The molecular formula is C10H9Cl2N3. The summed E-state index contributed by atoms with van der Waals surface area (Å²) in [7, 11) is 0. The van der Waals surface area contributed by atoms with E-state index in [0.29, 0.717) is 16.6 Å². The maximum atomic E-state index is 5.94. The Bertz CT molecular complexity index is 462. The lowest BCUT2D eigenvalue weighted by Crippen LogP contribution is -2.07. The third-order valence-corrected chi connectivity index (χ3v) is 2.65. The van der Waals surface area contributed by atoms with Crippen LogP contribution in [0.25, 0.3) is 5.69 Å². The van der Waals surface area contributed by atoms with Crippen LogP contribution in [0.1, 0.15) is 5.69 Å². The summed E-state index contributed by atoms with van der Waals surface area (Å²) >= 11 is 11.7. The summed E-state index contributed by atoms with van der Waals surface area (Å²) in [4.78, 5) is 0. The van der Waals surface area contributed by atoms with Gasteiger partial charge in [0.2, 0.25) is 0 Å². The lowest BCUT2D eigenvalue weighted by atomic mass is 10.3. The zero-order valence-corrected chi connectivity index (χ0v) is 9.33. The van der Waals surface area contributed by atoms with Crippen molar-refractivity contribution in [3.8, 4) is 5.69 Å². The molecule has 0 saturated carbocycles. The minimum atomic E-state index is 0.349. The number of aromatic nitrogens is 2. The van der Waals surface area contributed by atoms with Crippen molar-refractivity contribution in [3.63, 3.8) is 0 Å². The molecule has 0 aliphatic heterocycles. The Hall–Kier alpha value is -1.03. The van der Waals surface area contributed by atoms with Crippen LogP contribution in [0.4, 0.5) is 0 Å². The monoisotopic (exact) mass is 241 g/mol. The van der Waals surface area contributed by atoms with Crippen LogP contribution in [0.3, 0.4) is 0 Å². The van der Waals surface area contributed by atoms with Gasteiger partial charge < -0.3 is 5.73 Å². The minimum absolute atomic E-state index is 0.349. The zero-order valence-electron chi connectivity index (χ0n) is 7.82. The molecule has 3 nitrogen and oxygen atoms in total. The smallest absolute Gasteiger partial charge is 0.0835 e. The van der Waals surface area contributed by atoms with Gasteiger partial charge in [0.1, 0.15) is 0 Å². The van der Waals surface area contributed by atoms with E-state index in [2.05, 4.69) is 5.10 Å². The summed E-state index contributed by atoms with van der Waals surface area (Å²) in [6.45, 7) is 0.349. The highest BCUT2D eigenvalue weighted by atomic mass is 35.5. The van der Waals surface area contributed by atoms with Crippen molar-refractivity contribution in [2.24, 2.45) is 5.73 Å². The van der Waals surface area contributed by atoms with Gasteiger partial charge in [0, 0.05) is 11.6 Å². The van der Waals surface area contributed by atoms with Gasteiger partial charge in [0.25, 0.3) is 0 Å². The molecule has 1 aromatic carbocycles. The van der Waals surface area contributed by atoms with E-state index in [4.69, 9.17) is 28.9 Å². The molecule has 2 N–H and O–H groups in total. The molecule has 0 unspecified atom stereocenters. The SMILES string of the molecule is NCc1c(Cl)cnn1-c1ccc(Cl)cc1. The average molecular weight is 242 g/mol. The van der Waals surface area contributed by atoms with Gasteiger partial charge in [-0.3, -0.25) is 0 Å². The van der Waals surface area contributed by atoms with Crippen LogP contribution in [0.5, 0.6) is 0 Å². The number of nitrogens with zero attached hydrogens (tertiary/aromatic N) is 2. The Labute approximate surface area is 97.4 Å². The third-order valence-electron chi connectivity index (χ3n) is 2.08. The predicted molar refractivity (Wildman–Crippen MR) is 61.5 cm³/mol. The normalized spacial score (nSPS) is 10.6. The van der Waals surface area contributed by atoms with Crippen LogP contribution in [0.2, 0.25) is 10.0 Å². The van der Waals surface area contributed by atoms with E-state index in [-0.39, 0.29) is 0 Å². The number of halogens is 2. The van der Waals surface area contributed by atoms with Crippen molar-refractivity contribution in [3.05, 3.63) is 46.2 Å². The number of hydrogen-bond donors (Lipinski definition) is 1. The molecule has 1 heterocycles. The molecule has 0 aliphatic carbocycles. The van der Waals surface area contributed by atoms with E-state index < -0.39 is 0 Å². The van der Waals surface area contributed by atoms with E-state index in [0.717, 1.165) is 11.4 Å². The summed E-state index contributed by atoms with van der Waals surface area (Å²) in [5.41, 5.74) is 7.28. The molecule has 0 saturated heterocycles. The molecule has 78 valence electrons. The van der Waals surface area contributed by atoms with Gasteiger partial charge in [0.05, 0.1) is 22.6 Å². The molecule has 0 aliphatic rings. The third kappa shape index (κ3) is 2.00. The Balaban J connectivity index is 2.49. The van der Waals surface area contributed by atoms with Gasteiger partial charge in [-0.1, -0.05) is 23.2 Å². The maximum Gasteiger partial charge on any atom is 0.0835 e. The van der Waals surface area contributed by atoms with Crippen molar-refractivity contribution in [2.75, 3.05) is 0 Å². The molecule has 1 aromatic heterocycles. The molecule has 2 rings (SSSR count). The summed E-state index contributed by atoms with van der Waals surface area (Å²) in [6, 6.07) is 7.33. The molecule has 0 fully saturated rings. The summed E-state index contributed by atoms with van der Waals surface area (Å²) in [6.07, 6.45) is 1.58. The fraction of sp³-hybridized carbons (Fsp3) is 0.100. The van der Waals surface area contributed by atoms with Crippen molar-refractivity contribution >= 4 is 23.2 Å². The number of nitrogens with two attached hydrogens (primary N) is 1. The van der Waals surface area contributed by atoms with Crippen molar-refractivity contribution in [2.45, 2.75) is 6.54 Å². The lowest BCUT2D eigenvalue weighted by Gasteiger charge is -2.05. The first-order chi connectivity index (χ1) is 7.22. The molecule has 0 spiro atoms. The molecule has 2 aromatic rings. The van der Waals surface area contributed by atoms with Gasteiger partial charge in [0.15, 0.2) is 0 Å². The van der Waals surface area contributed by atoms with E-state index in [1.807, 2.05) is 12.1 Å². The van der Waals surface area contributed by atoms with Crippen LogP contribution in [0.15, 0.2) is 30.5 Å². The number of rotatable bonds is 2. The second kappa shape index (κ2) is 4.23. The van der Waals surface area contributed by atoms with E-state index in [1.165, 1.54) is 0 Å². The maximum absolute atomic E-state index is 5.94. The van der Waals surface area contributed by atoms with E-state index in [1.54, 1.807) is 23.0 Å². The van der Waals surface area contributed by atoms with Crippen LogP contribution in [-0.4, -0.2) is 9.78 Å². The standard InChI is InChI=1S/C10H9Cl2N3/c11-7-1-3-8(4-2-7)15-10(5-13)9(12)6-14-15/h1-4,6H,5,13H2. The topological polar surface area (TPSA) is 43.8 Å². The van der Waals surface area contributed by atoms with Crippen molar-refractivity contribution in [1.82, 2.24) is 9.78 Å². The minimum Gasteiger partial charge on any atom is -0.325 e. The highest BCUT2D eigenvalue weighted by molar-refractivity contribution is 6.31. The highest BCUT2D eigenvalue weighted by Gasteiger charge is 2.08. The van der Waals surface area contributed by atoms with Crippen molar-refractivity contribution < 1.29 is 0 Å². The molecule has 0 atom stereocenters. The van der Waals surface area contributed by atoms with E-state index >= 15 is 0 Å². The number of benzene rings is 1. The molecule has 0 amide bonds. The second-order valence-electron chi connectivity index (χ2n) is 3.03. The first-order valence-corrected chi connectivity index (χ1v) is 5.16. The van der Waals surface area contributed by atoms with Crippen LogP contribution in [-0.2, 0) is 6.54 Å². The zero-order chi connectivity index (χ0) is 10.8. The van der Waals surface area contributed by atoms with Gasteiger partial charge in [-0.15, -0.1) is 0 Å². The molecule has 5 heteroatoms. The van der Waals surface area contributed by atoms with Gasteiger partial charge in [-0.05, 0) is 24.3 Å². The molecule has 0 bridgehead atoms. The fourth-order valence-corrected chi connectivity index (χ4v) is 1.67. The second-order valence-corrected chi connectivity index (χ2v) is 3.88. The summed E-state index contributed by atoms with van der Waals surface area (Å²) in [5.74, 6) is 0. The summed E-state index contributed by atoms with van der Waals surface area (Å²) in [5, 5.41) is 5.41. The van der Waals surface area contributed by atoms with Gasteiger partial charge >= 0.3 is 0 Å². The van der Waals surface area contributed by atoms with Crippen LogP contribution < -0.4 is 5.73 Å². The summed E-state index contributed by atoms with van der Waals surface area (Å²) < 4.78 is 1.71.